The maximum Gasteiger partial charge on any atom is 0.118 e. The average molecular weight is 352 g/mol. The molecule has 0 spiro atoms. The number of fused-ring (bicyclic) bond motifs is 2. The molecule has 138 valence electrons. The van der Waals surface area contributed by atoms with E-state index in [0.717, 1.165) is 49.5 Å². The van der Waals surface area contributed by atoms with E-state index < -0.39 is 5.60 Å². The van der Waals surface area contributed by atoms with E-state index in [1.807, 2.05) is 31.3 Å². The summed E-state index contributed by atoms with van der Waals surface area (Å²) in [5.41, 5.74) is 2.52. The van der Waals surface area contributed by atoms with Crippen LogP contribution in [-0.2, 0) is 12.1 Å². The van der Waals surface area contributed by atoms with Gasteiger partial charge in [-0.3, -0.25) is 9.88 Å². The maximum absolute atomic E-state index is 11.7. The Balaban J connectivity index is 1.53. The first kappa shape index (κ1) is 17.5. The van der Waals surface area contributed by atoms with Crippen molar-refractivity contribution in [3.05, 3.63) is 59.4 Å². The molecule has 1 saturated carbocycles. The second kappa shape index (κ2) is 7.01. The quantitative estimate of drug-likeness (QED) is 0.914. The number of piperidine rings is 1. The van der Waals surface area contributed by atoms with Gasteiger partial charge in [0.2, 0.25) is 0 Å². The van der Waals surface area contributed by atoms with Crippen molar-refractivity contribution in [2.24, 2.45) is 11.8 Å². The molecule has 1 aromatic heterocycles. The number of nitrogens with zero attached hydrogens (tertiary/aromatic N) is 2. The van der Waals surface area contributed by atoms with Crippen molar-refractivity contribution in [2.75, 3.05) is 20.2 Å². The van der Waals surface area contributed by atoms with Crippen molar-refractivity contribution in [2.45, 2.75) is 38.3 Å². The van der Waals surface area contributed by atoms with Gasteiger partial charge < -0.3 is 9.84 Å². The summed E-state index contributed by atoms with van der Waals surface area (Å²) in [6.07, 6.45) is 5.23. The predicted molar refractivity (Wildman–Crippen MR) is 102 cm³/mol. The lowest BCUT2D eigenvalue weighted by atomic mass is 9.64. The molecule has 1 N–H and O–H groups in total. The van der Waals surface area contributed by atoms with E-state index in [1.54, 1.807) is 7.11 Å². The molecule has 1 aliphatic carbocycles. The van der Waals surface area contributed by atoms with Crippen LogP contribution in [0.25, 0.3) is 0 Å². The molecule has 2 fully saturated rings. The summed E-state index contributed by atoms with van der Waals surface area (Å²) in [5.74, 6) is 1.40. The van der Waals surface area contributed by atoms with Crippen molar-refractivity contribution in [3.8, 4) is 5.75 Å². The molecule has 4 nitrogen and oxygen atoms in total. The largest absolute Gasteiger partial charge is 0.497 e. The molecule has 2 atom stereocenters. The van der Waals surface area contributed by atoms with E-state index in [1.165, 1.54) is 12.0 Å². The Morgan fingerprint density at radius 3 is 2.38 bits per heavy atom. The predicted octanol–water partition coefficient (Wildman–Crippen LogP) is 3.52. The smallest absolute Gasteiger partial charge is 0.118 e. The van der Waals surface area contributed by atoms with Gasteiger partial charge in [0.05, 0.1) is 12.8 Å². The Morgan fingerprint density at radius 2 is 1.81 bits per heavy atom. The standard InChI is InChI=1S/C22H28N2O2/c1-16-6-11-21(23-12-16)22(25)18-4-3-5-19(22)15-24(14-18)13-17-7-9-20(26-2)10-8-17/h6-12,18-19,25H,3-5,13-15H2,1-2H3. The minimum absolute atomic E-state index is 0.253. The van der Waals surface area contributed by atoms with Crippen molar-refractivity contribution in [1.82, 2.24) is 9.88 Å². The molecule has 2 unspecified atom stereocenters. The van der Waals surface area contributed by atoms with Crippen LogP contribution in [0.2, 0.25) is 0 Å². The molecule has 1 aromatic carbocycles. The Labute approximate surface area is 155 Å². The van der Waals surface area contributed by atoms with Crippen LogP contribution in [0.1, 0.15) is 36.1 Å². The summed E-state index contributed by atoms with van der Waals surface area (Å²) < 4.78 is 5.25. The van der Waals surface area contributed by atoms with Crippen LogP contribution in [0.4, 0.5) is 0 Å². The third kappa shape index (κ3) is 3.12. The molecule has 0 amide bonds. The zero-order chi connectivity index (χ0) is 18.1. The molecule has 1 aliphatic heterocycles. The van der Waals surface area contributed by atoms with E-state index in [2.05, 4.69) is 28.1 Å². The van der Waals surface area contributed by atoms with Crippen LogP contribution in [0, 0.1) is 18.8 Å². The molecule has 2 bridgehead atoms. The van der Waals surface area contributed by atoms with Gasteiger partial charge in [-0.2, -0.15) is 0 Å². The lowest BCUT2D eigenvalue weighted by molar-refractivity contribution is -0.151. The third-order valence-electron chi connectivity index (χ3n) is 6.19. The summed E-state index contributed by atoms with van der Waals surface area (Å²) in [7, 11) is 1.70. The summed E-state index contributed by atoms with van der Waals surface area (Å²) in [4.78, 5) is 7.10. The first-order valence-corrected chi connectivity index (χ1v) is 9.60. The fourth-order valence-electron chi connectivity index (χ4n) is 4.78. The number of aromatic nitrogens is 1. The molecule has 2 aromatic rings. The van der Waals surface area contributed by atoms with Gasteiger partial charge >= 0.3 is 0 Å². The average Bonchev–Trinajstić information content (AvgIpc) is 2.64. The number of benzene rings is 1. The zero-order valence-corrected chi connectivity index (χ0v) is 15.7. The van der Waals surface area contributed by atoms with Crippen molar-refractivity contribution in [1.29, 1.82) is 0 Å². The number of pyridine rings is 1. The Bertz CT molecular complexity index is 728. The molecule has 2 aliphatic rings. The van der Waals surface area contributed by atoms with E-state index in [-0.39, 0.29) is 11.8 Å². The summed E-state index contributed by atoms with van der Waals surface area (Å²) in [6, 6.07) is 12.4. The van der Waals surface area contributed by atoms with Crippen LogP contribution >= 0.6 is 0 Å². The number of aryl methyl sites for hydroxylation is 1. The van der Waals surface area contributed by atoms with Gasteiger partial charge in [-0.1, -0.05) is 24.6 Å². The number of aliphatic hydroxyl groups is 1. The second-order valence-electron chi connectivity index (χ2n) is 7.91. The van der Waals surface area contributed by atoms with Gasteiger partial charge in [0.15, 0.2) is 0 Å². The van der Waals surface area contributed by atoms with Gasteiger partial charge in [-0.25, -0.2) is 0 Å². The lowest BCUT2D eigenvalue weighted by Crippen LogP contribution is -2.58. The number of likely N-dealkylation sites (tertiary alicyclic amines) is 1. The monoisotopic (exact) mass is 352 g/mol. The van der Waals surface area contributed by atoms with E-state index in [9.17, 15) is 5.11 Å². The first-order chi connectivity index (χ1) is 12.6. The Morgan fingerprint density at radius 1 is 1.12 bits per heavy atom. The number of rotatable bonds is 4. The highest BCUT2D eigenvalue weighted by molar-refractivity contribution is 5.27. The molecule has 1 saturated heterocycles. The lowest BCUT2D eigenvalue weighted by Gasteiger charge is -2.52. The number of ether oxygens (including phenoxy) is 1. The van der Waals surface area contributed by atoms with Crippen molar-refractivity contribution >= 4 is 0 Å². The topological polar surface area (TPSA) is 45.6 Å². The first-order valence-electron chi connectivity index (χ1n) is 9.60. The van der Waals surface area contributed by atoms with Crippen LogP contribution in [0.5, 0.6) is 5.75 Å². The van der Waals surface area contributed by atoms with Crippen LogP contribution in [0.15, 0.2) is 42.6 Å². The summed E-state index contributed by atoms with van der Waals surface area (Å²) >= 11 is 0. The molecule has 4 heteroatoms. The van der Waals surface area contributed by atoms with Gasteiger partial charge in [0, 0.05) is 37.7 Å². The molecule has 0 radical (unpaired) electrons. The molecule has 26 heavy (non-hydrogen) atoms. The van der Waals surface area contributed by atoms with E-state index in [0.29, 0.717) is 0 Å². The minimum Gasteiger partial charge on any atom is -0.497 e. The highest BCUT2D eigenvalue weighted by Gasteiger charge is 2.52. The maximum atomic E-state index is 11.7. The Kier molecular flexibility index (Phi) is 4.72. The Hall–Kier alpha value is -1.91. The normalized spacial score (nSPS) is 28.7. The van der Waals surface area contributed by atoms with Crippen molar-refractivity contribution in [3.63, 3.8) is 0 Å². The van der Waals surface area contributed by atoms with Crippen LogP contribution in [-0.4, -0.2) is 35.2 Å². The van der Waals surface area contributed by atoms with E-state index in [4.69, 9.17) is 4.74 Å². The number of hydrogen-bond donors (Lipinski definition) is 1. The van der Waals surface area contributed by atoms with Gasteiger partial charge in [0.25, 0.3) is 0 Å². The SMILES string of the molecule is COc1ccc(CN2CC3CCCC(C2)C3(O)c2ccc(C)cn2)cc1. The van der Waals surface area contributed by atoms with Gasteiger partial charge in [-0.05, 0) is 49.1 Å². The van der Waals surface area contributed by atoms with E-state index >= 15 is 0 Å². The fraction of sp³-hybridized carbons (Fsp3) is 0.500. The highest BCUT2D eigenvalue weighted by Crippen LogP contribution is 2.48. The molecule has 2 heterocycles. The molecule has 4 rings (SSSR count). The molecular weight excluding hydrogens is 324 g/mol. The zero-order valence-electron chi connectivity index (χ0n) is 15.7. The van der Waals surface area contributed by atoms with Crippen LogP contribution in [0.3, 0.4) is 0 Å². The number of methoxy groups -OCH3 is 1. The molecular formula is C22H28N2O2. The van der Waals surface area contributed by atoms with Gasteiger partial charge in [-0.15, -0.1) is 0 Å². The van der Waals surface area contributed by atoms with Crippen LogP contribution < -0.4 is 4.74 Å². The summed E-state index contributed by atoms with van der Waals surface area (Å²) in [5, 5.41) is 11.7. The van der Waals surface area contributed by atoms with Gasteiger partial charge in [0.1, 0.15) is 11.4 Å². The number of hydrogen-bond acceptors (Lipinski definition) is 4. The minimum atomic E-state index is -0.775. The highest BCUT2D eigenvalue weighted by atomic mass is 16.5. The van der Waals surface area contributed by atoms with Crippen molar-refractivity contribution < 1.29 is 9.84 Å². The second-order valence-corrected chi connectivity index (χ2v) is 7.91. The fourth-order valence-corrected chi connectivity index (χ4v) is 4.78. The summed E-state index contributed by atoms with van der Waals surface area (Å²) in [6.45, 7) is 4.82. The third-order valence-corrected chi connectivity index (χ3v) is 6.19.